The van der Waals surface area contributed by atoms with E-state index in [1.165, 1.54) is 0 Å². The van der Waals surface area contributed by atoms with E-state index < -0.39 is 0 Å². The van der Waals surface area contributed by atoms with Crippen LogP contribution in [0.25, 0.3) is 0 Å². The molecule has 0 aliphatic rings. The van der Waals surface area contributed by atoms with Gasteiger partial charge in [0.15, 0.2) is 0 Å². The largest absolute Gasteiger partial charge is 0.393 e. The Morgan fingerprint density at radius 1 is 1.39 bits per heavy atom. The zero-order chi connectivity index (χ0) is 13.5. The van der Waals surface area contributed by atoms with Gasteiger partial charge in [-0.2, -0.15) is 0 Å². The maximum absolute atomic E-state index is 12.1. The summed E-state index contributed by atoms with van der Waals surface area (Å²) in [4.78, 5) is 12.4. The number of rotatable bonds is 6. The van der Waals surface area contributed by atoms with Crippen molar-refractivity contribution in [2.45, 2.75) is 33.1 Å². The summed E-state index contributed by atoms with van der Waals surface area (Å²) >= 11 is 4.95. The predicted molar refractivity (Wildman–Crippen MR) is 79.6 cm³/mol. The van der Waals surface area contributed by atoms with E-state index in [2.05, 4.69) is 12.2 Å². The SMILES string of the molecule is CCCC(C(=O)Nc1ccccc1CC)C(N)=S. The fourth-order valence-corrected chi connectivity index (χ4v) is 2.09. The van der Waals surface area contributed by atoms with Gasteiger partial charge in [0, 0.05) is 5.69 Å². The summed E-state index contributed by atoms with van der Waals surface area (Å²) in [7, 11) is 0. The van der Waals surface area contributed by atoms with Crippen molar-refractivity contribution in [3.05, 3.63) is 29.8 Å². The van der Waals surface area contributed by atoms with Crippen molar-refractivity contribution >= 4 is 28.8 Å². The highest BCUT2D eigenvalue weighted by atomic mass is 32.1. The molecule has 0 spiro atoms. The monoisotopic (exact) mass is 264 g/mol. The Morgan fingerprint density at radius 3 is 2.61 bits per heavy atom. The third kappa shape index (κ3) is 3.81. The van der Waals surface area contributed by atoms with E-state index in [0.29, 0.717) is 6.42 Å². The molecule has 0 fully saturated rings. The third-order valence-electron chi connectivity index (χ3n) is 2.89. The van der Waals surface area contributed by atoms with E-state index in [1.54, 1.807) is 0 Å². The predicted octanol–water partition coefficient (Wildman–Crippen LogP) is 2.89. The first-order valence-electron chi connectivity index (χ1n) is 6.28. The number of thiocarbonyl (C=S) groups is 1. The van der Waals surface area contributed by atoms with E-state index >= 15 is 0 Å². The molecule has 0 aliphatic heterocycles. The summed E-state index contributed by atoms with van der Waals surface area (Å²) in [5.41, 5.74) is 7.58. The molecule has 0 bridgehead atoms. The van der Waals surface area contributed by atoms with E-state index in [9.17, 15) is 4.79 Å². The number of benzene rings is 1. The molecule has 0 heterocycles. The number of amides is 1. The molecule has 0 radical (unpaired) electrons. The minimum Gasteiger partial charge on any atom is -0.393 e. The zero-order valence-electron chi connectivity index (χ0n) is 10.9. The summed E-state index contributed by atoms with van der Waals surface area (Å²) in [6, 6.07) is 7.78. The number of nitrogens with two attached hydrogens (primary N) is 1. The first-order chi connectivity index (χ1) is 8.60. The number of para-hydroxylation sites is 1. The van der Waals surface area contributed by atoms with Crippen LogP contribution in [0.3, 0.4) is 0 Å². The van der Waals surface area contributed by atoms with Crippen LogP contribution in [0.5, 0.6) is 0 Å². The van der Waals surface area contributed by atoms with Gasteiger partial charge >= 0.3 is 0 Å². The molecule has 0 aliphatic carbocycles. The highest BCUT2D eigenvalue weighted by Crippen LogP contribution is 2.18. The average Bonchev–Trinajstić information content (AvgIpc) is 2.36. The fourth-order valence-electron chi connectivity index (χ4n) is 1.86. The molecule has 4 heteroatoms. The highest BCUT2D eigenvalue weighted by Gasteiger charge is 2.20. The molecule has 0 saturated heterocycles. The van der Waals surface area contributed by atoms with Gasteiger partial charge < -0.3 is 11.1 Å². The molecule has 3 N–H and O–H groups in total. The summed E-state index contributed by atoms with van der Waals surface area (Å²) < 4.78 is 0. The van der Waals surface area contributed by atoms with Crippen molar-refractivity contribution in [3.63, 3.8) is 0 Å². The van der Waals surface area contributed by atoms with Crippen LogP contribution < -0.4 is 11.1 Å². The Hall–Kier alpha value is -1.42. The standard InChI is InChI=1S/C14H20N2OS/c1-3-7-11(13(15)18)14(17)16-12-9-6-5-8-10(12)4-2/h5-6,8-9,11H,3-4,7H2,1-2H3,(H2,15,18)(H,16,17). The first kappa shape index (κ1) is 14.6. The number of hydrogen-bond donors (Lipinski definition) is 2. The van der Waals surface area contributed by atoms with Crippen LogP contribution in [0.2, 0.25) is 0 Å². The molecular weight excluding hydrogens is 244 g/mol. The van der Waals surface area contributed by atoms with Crippen LogP contribution in [0.15, 0.2) is 24.3 Å². The van der Waals surface area contributed by atoms with Crippen molar-refractivity contribution in [1.82, 2.24) is 0 Å². The van der Waals surface area contributed by atoms with Crippen LogP contribution >= 0.6 is 12.2 Å². The van der Waals surface area contributed by atoms with Crippen molar-refractivity contribution in [2.24, 2.45) is 11.7 Å². The first-order valence-corrected chi connectivity index (χ1v) is 6.69. The van der Waals surface area contributed by atoms with E-state index in [1.807, 2.05) is 31.2 Å². The second kappa shape index (κ2) is 7.11. The van der Waals surface area contributed by atoms with E-state index in [0.717, 1.165) is 24.1 Å². The Bertz CT molecular complexity index is 432. The number of carbonyl (C=O) groups excluding carboxylic acids is 1. The van der Waals surface area contributed by atoms with E-state index in [4.69, 9.17) is 18.0 Å². The van der Waals surface area contributed by atoms with Gasteiger partial charge in [-0.15, -0.1) is 0 Å². The smallest absolute Gasteiger partial charge is 0.234 e. The molecule has 1 aromatic rings. The minimum absolute atomic E-state index is 0.106. The maximum Gasteiger partial charge on any atom is 0.234 e. The quantitative estimate of drug-likeness (QED) is 0.777. The Morgan fingerprint density at radius 2 is 2.06 bits per heavy atom. The fraction of sp³-hybridized carbons (Fsp3) is 0.429. The van der Waals surface area contributed by atoms with Gasteiger partial charge in [0.05, 0.1) is 10.9 Å². The highest BCUT2D eigenvalue weighted by molar-refractivity contribution is 7.80. The molecule has 98 valence electrons. The van der Waals surface area contributed by atoms with Gasteiger partial charge in [0.1, 0.15) is 0 Å². The number of anilines is 1. The number of nitrogens with one attached hydrogen (secondary N) is 1. The molecule has 18 heavy (non-hydrogen) atoms. The molecule has 1 amide bonds. The van der Waals surface area contributed by atoms with Gasteiger partial charge in [0.2, 0.25) is 5.91 Å². The van der Waals surface area contributed by atoms with Crippen LogP contribution in [-0.4, -0.2) is 10.9 Å². The lowest BCUT2D eigenvalue weighted by Crippen LogP contribution is -2.33. The van der Waals surface area contributed by atoms with Gasteiger partial charge in [-0.1, -0.05) is 50.7 Å². The van der Waals surface area contributed by atoms with Gasteiger partial charge in [0.25, 0.3) is 0 Å². The summed E-state index contributed by atoms with van der Waals surface area (Å²) in [6.07, 6.45) is 2.45. The van der Waals surface area contributed by atoms with Crippen LogP contribution in [0, 0.1) is 5.92 Å². The lowest BCUT2D eigenvalue weighted by atomic mass is 10.0. The molecule has 1 rings (SSSR count). The third-order valence-corrected chi connectivity index (χ3v) is 3.18. The van der Waals surface area contributed by atoms with Crippen molar-refractivity contribution in [2.75, 3.05) is 5.32 Å². The molecular formula is C14H20N2OS. The number of aryl methyl sites for hydroxylation is 1. The molecule has 3 nitrogen and oxygen atoms in total. The Kier molecular flexibility index (Phi) is 5.78. The van der Waals surface area contributed by atoms with Gasteiger partial charge in [-0.25, -0.2) is 0 Å². The topological polar surface area (TPSA) is 55.1 Å². The number of hydrogen-bond acceptors (Lipinski definition) is 2. The second-order valence-electron chi connectivity index (χ2n) is 4.24. The van der Waals surface area contributed by atoms with Crippen molar-refractivity contribution in [1.29, 1.82) is 0 Å². The van der Waals surface area contributed by atoms with Crippen LogP contribution in [-0.2, 0) is 11.2 Å². The zero-order valence-corrected chi connectivity index (χ0v) is 11.7. The summed E-state index contributed by atoms with van der Waals surface area (Å²) in [6.45, 7) is 4.07. The normalized spacial score (nSPS) is 11.9. The Labute approximate surface area is 114 Å². The lowest BCUT2D eigenvalue weighted by Gasteiger charge is -2.16. The minimum atomic E-state index is -0.380. The molecule has 0 saturated carbocycles. The van der Waals surface area contributed by atoms with Crippen molar-refractivity contribution < 1.29 is 4.79 Å². The Balaban J connectivity index is 2.82. The van der Waals surface area contributed by atoms with Gasteiger partial charge in [-0.3, -0.25) is 4.79 Å². The van der Waals surface area contributed by atoms with Gasteiger partial charge in [-0.05, 0) is 24.5 Å². The number of carbonyl (C=O) groups is 1. The van der Waals surface area contributed by atoms with E-state index in [-0.39, 0.29) is 16.8 Å². The summed E-state index contributed by atoms with van der Waals surface area (Å²) in [5.74, 6) is -0.486. The molecule has 1 unspecified atom stereocenters. The van der Waals surface area contributed by atoms with Crippen LogP contribution in [0.1, 0.15) is 32.3 Å². The second-order valence-corrected chi connectivity index (χ2v) is 4.71. The average molecular weight is 264 g/mol. The van der Waals surface area contributed by atoms with Crippen LogP contribution in [0.4, 0.5) is 5.69 Å². The van der Waals surface area contributed by atoms with Crippen molar-refractivity contribution in [3.8, 4) is 0 Å². The summed E-state index contributed by atoms with van der Waals surface area (Å²) in [5, 5.41) is 2.92. The molecule has 1 aromatic carbocycles. The molecule has 1 atom stereocenters. The maximum atomic E-state index is 12.1. The lowest BCUT2D eigenvalue weighted by molar-refractivity contribution is -0.118. The molecule has 0 aromatic heterocycles.